The molecule has 2 aliphatic heterocycles. The first-order chi connectivity index (χ1) is 9.04. The molecule has 2 aliphatic rings. The van der Waals surface area contributed by atoms with Crippen molar-refractivity contribution in [2.45, 2.75) is 17.7 Å². The number of halogens is 1. The molecule has 0 amide bonds. The lowest BCUT2D eigenvalue weighted by Gasteiger charge is -2.27. The van der Waals surface area contributed by atoms with E-state index in [0.717, 1.165) is 22.5 Å². The largest absolute Gasteiger partial charge is 0.350 e. The Balaban J connectivity index is 1.75. The van der Waals surface area contributed by atoms with E-state index in [4.69, 9.17) is 0 Å². The fraction of sp³-hybridized carbons (Fsp3) is 0.455. The fourth-order valence-corrected chi connectivity index (χ4v) is 5.36. The molecule has 4 heterocycles. The third-order valence-electron chi connectivity index (χ3n) is 3.91. The summed E-state index contributed by atoms with van der Waals surface area (Å²) < 4.78 is 26.0. The van der Waals surface area contributed by atoms with Crippen LogP contribution in [0.5, 0.6) is 0 Å². The van der Waals surface area contributed by atoms with Crippen molar-refractivity contribution in [1.29, 1.82) is 0 Å². The molecule has 0 radical (unpaired) electrons. The molecule has 0 spiro atoms. The van der Waals surface area contributed by atoms with E-state index in [0.29, 0.717) is 6.54 Å². The van der Waals surface area contributed by atoms with E-state index >= 15 is 0 Å². The Morgan fingerprint density at radius 1 is 1.37 bits per heavy atom. The first-order valence-corrected chi connectivity index (χ1v) is 8.54. The number of hydrogen-bond acceptors (Lipinski definition) is 5. The van der Waals surface area contributed by atoms with Gasteiger partial charge in [-0.1, -0.05) is 0 Å². The van der Waals surface area contributed by atoms with Crippen molar-refractivity contribution < 1.29 is 8.42 Å². The predicted molar refractivity (Wildman–Crippen MR) is 74.0 cm³/mol. The highest BCUT2D eigenvalue weighted by atomic mass is 79.9. The van der Waals surface area contributed by atoms with Crippen LogP contribution in [0.15, 0.2) is 22.9 Å². The minimum atomic E-state index is -2.87. The summed E-state index contributed by atoms with van der Waals surface area (Å²) in [4.78, 5) is 6.29. The minimum Gasteiger partial charge on any atom is -0.350 e. The van der Waals surface area contributed by atoms with Gasteiger partial charge < -0.3 is 4.90 Å². The number of fused-ring (bicyclic) bond motifs is 3. The molecule has 4 rings (SSSR count). The Bertz CT molecular complexity index is 772. The summed E-state index contributed by atoms with van der Waals surface area (Å²) >= 11 is 3.39. The highest BCUT2D eigenvalue weighted by molar-refractivity contribution is 9.10. The van der Waals surface area contributed by atoms with Gasteiger partial charge in [0.2, 0.25) is 0 Å². The summed E-state index contributed by atoms with van der Waals surface area (Å²) in [5, 5.41) is 4.30. The molecule has 0 saturated carbocycles. The summed E-state index contributed by atoms with van der Waals surface area (Å²) in [6, 6.07) is 3.87. The molecule has 2 aromatic heterocycles. The molecule has 2 aromatic rings. The topological polar surface area (TPSA) is 67.6 Å². The van der Waals surface area contributed by atoms with Crippen molar-refractivity contribution in [3.63, 3.8) is 0 Å². The monoisotopic (exact) mass is 342 g/mol. The predicted octanol–water partition coefficient (Wildman–Crippen LogP) is 0.867. The zero-order chi connectivity index (χ0) is 13.2. The first-order valence-electron chi connectivity index (χ1n) is 6.03. The van der Waals surface area contributed by atoms with Crippen LogP contribution in [0.1, 0.15) is 6.42 Å². The van der Waals surface area contributed by atoms with Crippen LogP contribution in [0.25, 0.3) is 5.65 Å². The van der Waals surface area contributed by atoms with Gasteiger partial charge in [0.15, 0.2) is 15.5 Å². The highest BCUT2D eigenvalue weighted by Crippen LogP contribution is 2.35. The van der Waals surface area contributed by atoms with Crippen LogP contribution in [0.2, 0.25) is 0 Å². The van der Waals surface area contributed by atoms with Gasteiger partial charge in [0, 0.05) is 12.6 Å². The average molecular weight is 343 g/mol. The standard InChI is InChI=1S/C11H11BrN4O2S/c12-9-4-13-10-1-2-11(14-16(9)10)15-5-8-3-7(15)6-19(8,17)18/h1-2,4,7-8H,3,5-6H2/t7-,8-/m0/s1. The lowest BCUT2D eigenvalue weighted by molar-refractivity contribution is 0.584. The van der Waals surface area contributed by atoms with Gasteiger partial charge in [-0.2, -0.15) is 0 Å². The van der Waals surface area contributed by atoms with Crippen LogP contribution < -0.4 is 4.90 Å². The maximum atomic E-state index is 11.8. The summed E-state index contributed by atoms with van der Waals surface area (Å²) in [6.45, 7) is 0.553. The second-order valence-corrected chi connectivity index (χ2v) is 8.17. The SMILES string of the molecule is O=S1(=O)C[C@@H]2C[C@H]1CN2c1ccc2ncc(Br)n2n1. The Morgan fingerprint density at radius 2 is 2.21 bits per heavy atom. The molecule has 2 atom stereocenters. The second-order valence-electron chi connectivity index (χ2n) is 5.04. The number of rotatable bonds is 1. The Hall–Kier alpha value is -1.15. The van der Waals surface area contributed by atoms with Crippen LogP contribution in [-0.2, 0) is 9.84 Å². The molecule has 0 aliphatic carbocycles. The van der Waals surface area contributed by atoms with Gasteiger partial charge in [0.05, 0.1) is 17.2 Å². The third kappa shape index (κ3) is 1.62. The summed E-state index contributed by atoms with van der Waals surface area (Å²) in [6.07, 6.45) is 2.43. The van der Waals surface area contributed by atoms with Crippen molar-refractivity contribution in [2.24, 2.45) is 0 Å². The zero-order valence-electron chi connectivity index (χ0n) is 9.90. The number of nitrogens with zero attached hydrogens (tertiary/aromatic N) is 4. The molecule has 0 unspecified atom stereocenters. The fourth-order valence-electron chi connectivity index (χ4n) is 2.97. The van der Waals surface area contributed by atoms with Crippen molar-refractivity contribution in [1.82, 2.24) is 14.6 Å². The van der Waals surface area contributed by atoms with Crippen LogP contribution in [0, 0.1) is 0 Å². The number of anilines is 1. The lowest BCUT2D eigenvalue weighted by Crippen LogP contribution is -2.41. The van der Waals surface area contributed by atoms with Gasteiger partial charge in [0.25, 0.3) is 0 Å². The maximum absolute atomic E-state index is 11.8. The quantitative estimate of drug-likeness (QED) is 0.769. The van der Waals surface area contributed by atoms with Crippen LogP contribution >= 0.6 is 15.9 Å². The van der Waals surface area contributed by atoms with Crippen molar-refractivity contribution in [3.8, 4) is 0 Å². The zero-order valence-corrected chi connectivity index (χ0v) is 12.3. The van der Waals surface area contributed by atoms with E-state index in [1.54, 1.807) is 10.7 Å². The number of sulfone groups is 1. The summed E-state index contributed by atoms with van der Waals surface area (Å²) in [5.74, 6) is 1.07. The van der Waals surface area contributed by atoms with E-state index in [9.17, 15) is 8.42 Å². The molecule has 100 valence electrons. The van der Waals surface area contributed by atoms with Gasteiger partial charge in [-0.15, -0.1) is 5.10 Å². The molecule has 6 nitrogen and oxygen atoms in total. The molecule has 8 heteroatoms. The normalized spacial score (nSPS) is 28.4. The molecule has 2 saturated heterocycles. The molecule has 2 fully saturated rings. The van der Waals surface area contributed by atoms with Crippen molar-refractivity contribution in [3.05, 3.63) is 22.9 Å². The number of imidazole rings is 1. The third-order valence-corrected chi connectivity index (χ3v) is 6.66. The van der Waals surface area contributed by atoms with E-state index < -0.39 is 9.84 Å². The van der Waals surface area contributed by atoms with E-state index in [1.165, 1.54) is 0 Å². The van der Waals surface area contributed by atoms with Gasteiger partial charge in [-0.3, -0.25) is 0 Å². The van der Waals surface area contributed by atoms with Crippen molar-refractivity contribution in [2.75, 3.05) is 17.2 Å². The second kappa shape index (κ2) is 3.69. The molecule has 0 aromatic carbocycles. The maximum Gasteiger partial charge on any atom is 0.156 e. The van der Waals surface area contributed by atoms with Crippen LogP contribution in [0.3, 0.4) is 0 Å². The van der Waals surface area contributed by atoms with Gasteiger partial charge in [0.1, 0.15) is 10.4 Å². The molecular weight excluding hydrogens is 332 g/mol. The smallest absolute Gasteiger partial charge is 0.156 e. The molecule has 2 bridgehead atoms. The summed E-state index contributed by atoms with van der Waals surface area (Å²) in [7, 11) is -2.87. The summed E-state index contributed by atoms with van der Waals surface area (Å²) in [5.41, 5.74) is 0.771. The van der Waals surface area contributed by atoms with Gasteiger partial charge >= 0.3 is 0 Å². The van der Waals surface area contributed by atoms with Gasteiger partial charge in [-0.25, -0.2) is 17.9 Å². The number of hydrogen-bond donors (Lipinski definition) is 0. The molecular formula is C11H11BrN4O2S. The Labute approximate surface area is 118 Å². The average Bonchev–Trinajstić information content (AvgIpc) is 3.01. The molecule has 19 heavy (non-hydrogen) atoms. The Morgan fingerprint density at radius 3 is 2.89 bits per heavy atom. The van der Waals surface area contributed by atoms with Crippen LogP contribution in [0.4, 0.5) is 5.82 Å². The van der Waals surface area contributed by atoms with E-state index in [-0.39, 0.29) is 17.0 Å². The number of aromatic nitrogens is 3. The first kappa shape index (κ1) is 11.7. The van der Waals surface area contributed by atoms with Crippen molar-refractivity contribution >= 4 is 37.2 Å². The van der Waals surface area contributed by atoms with Gasteiger partial charge in [-0.05, 0) is 34.5 Å². The highest BCUT2D eigenvalue weighted by Gasteiger charge is 2.48. The van der Waals surface area contributed by atoms with E-state index in [1.807, 2.05) is 12.1 Å². The molecule has 0 N–H and O–H groups in total. The Kier molecular flexibility index (Phi) is 2.27. The van der Waals surface area contributed by atoms with Crippen LogP contribution in [-0.4, -0.2) is 46.6 Å². The van der Waals surface area contributed by atoms with E-state index in [2.05, 4.69) is 30.9 Å². The minimum absolute atomic E-state index is 0.0715. The lowest BCUT2D eigenvalue weighted by atomic mass is 10.2.